The van der Waals surface area contributed by atoms with Gasteiger partial charge in [0.1, 0.15) is 0 Å². The Morgan fingerprint density at radius 2 is 1.71 bits per heavy atom. The van der Waals surface area contributed by atoms with Crippen molar-refractivity contribution in [1.82, 2.24) is 4.72 Å². The van der Waals surface area contributed by atoms with Gasteiger partial charge in [0.2, 0.25) is 10.0 Å². The normalized spacial score (nSPS) is 13.1. The molecule has 2 aromatic rings. The molecule has 2 rings (SSSR count). The molecule has 1 atom stereocenters. The first kappa shape index (κ1) is 16.0. The summed E-state index contributed by atoms with van der Waals surface area (Å²) in [6.45, 7) is 3.84. The molecule has 0 fully saturated rings. The zero-order chi connectivity index (χ0) is 15.5. The molecule has 0 aromatic heterocycles. The highest BCUT2D eigenvalue weighted by Crippen LogP contribution is 2.26. The van der Waals surface area contributed by atoms with E-state index in [1.54, 1.807) is 30.3 Å². The van der Waals surface area contributed by atoms with Crippen molar-refractivity contribution in [2.75, 3.05) is 0 Å². The van der Waals surface area contributed by atoms with Crippen LogP contribution in [0.15, 0.2) is 53.4 Å². The second-order valence-corrected chi connectivity index (χ2v) is 7.04. The average molecular weight is 324 g/mol. The van der Waals surface area contributed by atoms with Crippen molar-refractivity contribution in [2.24, 2.45) is 0 Å². The highest BCUT2D eigenvalue weighted by Gasteiger charge is 2.21. The quantitative estimate of drug-likeness (QED) is 0.901. The average Bonchev–Trinajstić information content (AvgIpc) is 2.46. The summed E-state index contributed by atoms with van der Waals surface area (Å²) in [5.41, 5.74) is 1.81. The first-order valence-electron chi connectivity index (χ1n) is 6.77. The molecular formula is C16H18ClNO2S. The maximum Gasteiger partial charge on any atom is 0.241 e. The molecule has 0 saturated carbocycles. The molecule has 0 aliphatic rings. The van der Waals surface area contributed by atoms with Crippen LogP contribution in [0.1, 0.15) is 30.5 Å². The van der Waals surface area contributed by atoms with Crippen molar-refractivity contribution in [2.45, 2.75) is 31.2 Å². The molecule has 0 heterocycles. The first-order chi connectivity index (χ1) is 9.94. The van der Waals surface area contributed by atoms with E-state index < -0.39 is 10.0 Å². The molecule has 3 nitrogen and oxygen atoms in total. The third kappa shape index (κ3) is 3.84. The van der Waals surface area contributed by atoms with Crippen LogP contribution in [0.25, 0.3) is 0 Å². The Morgan fingerprint density at radius 3 is 2.29 bits per heavy atom. The number of sulfonamides is 1. The van der Waals surface area contributed by atoms with Gasteiger partial charge >= 0.3 is 0 Å². The molecule has 1 unspecified atom stereocenters. The second-order valence-electron chi connectivity index (χ2n) is 4.92. The first-order valence-corrected chi connectivity index (χ1v) is 8.63. The Hall–Kier alpha value is -1.36. The number of rotatable bonds is 5. The highest BCUT2D eigenvalue weighted by atomic mass is 35.5. The SMILES string of the molecule is CCC(NS(=O)(=O)c1ccc(C)cc1)c1ccccc1Cl. The molecule has 0 bridgehead atoms. The number of nitrogens with one attached hydrogen (secondary N) is 1. The lowest BCUT2D eigenvalue weighted by molar-refractivity contribution is 0.550. The molecule has 0 amide bonds. The van der Waals surface area contributed by atoms with Gasteiger partial charge < -0.3 is 0 Å². The summed E-state index contributed by atoms with van der Waals surface area (Å²) < 4.78 is 27.6. The molecule has 21 heavy (non-hydrogen) atoms. The van der Waals surface area contributed by atoms with Crippen LogP contribution in [-0.4, -0.2) is 8.42 Å². The fourth-order valence-electron chi connectivity index (χ4n) is 2.10. The van der Waals surface area contributed by atoms with Crippen molar-refractivity contribution >= 4 is 21.6 Å². The van der Waals surface area contributed by atoms with Crippen molar-refractivity contribution in [1.29, 1.82) is 0 Å². The van der Waals surface area contributed by atoms with Crippen molar-refractivity contribution in [3.63, 3.8) is 0 Å². The molecule has 5 heteroatoms. The van der Waals surface area contributed by atoms with E-state index in [1.807, 2.05) is 32.0 Å². The number of benzene rings is 2. The summed E-state index contributed by atoms with van der Waals surface area (Å²) >= 11 is 6.16. The lowest BCUT2D eigenvalue weighted by Crippen LogP contribution is -2.28. The van der Waals surface area contributed by atoms with E-state index in [2.05, 4.69) is 4.72 Å². The summed E-state index contributed by atoms with van der Waals surface area (Å²) in [6, 6.07) is 13.7. The van der Waals surface area contributed by atoms with Crippen LogP contribution in [0.2, 0.25) is 5.02 Å². The third-order valence-electron chi connectivity index (χ3n) is 3.32. The van der Waals surface area contributed by atoms with Gasteiger partial charge in [0.25, 0.3) is 0 Å². The van der Waals surface area contributed by atoms with Crippen LogP contribution < -0.4 is 4.72 Å². The molecule has 0 saturated heterocycles. The summed E-state index contributed by atoms with van der Waals surface area (Å²) in [5.74, 6) is 0. The standard InChI is InChI=1S/C16H18ClNO2S/c1-3-16(14-6-4-5-7-15(14)17)18-21(19,20)13-10-8-12(2)9-11-13/h4-11,16,18H,3H2,1-2H3. The lowest BCUT2D eigenvalue weighted by atomic mass is 10.1. The van der Waals surface area contributed by atoms with Crippen molar-refractivity contribution in [3.05, 3.63) is 64.7 Å². The van der Waals surface area contributed by atoms with Gasteiger partial charge in [-0.1, -0.05) is 54.4 Å². The molecule has 112 valence electrons. The number of hydrogen-bond donors (Lipinski definition) is 1. The Bertz CT molecular complexity index is 711. The summed E-state index contributed by atoms with van der Waals surface area (Å²) in [5, 5.41) is 0.566. The van der Waals surface area contributed by atoms with E-state index in [0.29, 0.717) is 11.4 Å². The fraction of sp³-hybridized carbons (Fsp3) is 0.250. The summed E-state index contributed by atoms with van der Waals surface area (Å²) in [7, 11) is -3.56. The van der Waals surface area contributed by atoms with Gasteiger partial charge in [0.15, 0.2) is 0 Å². The van der Waals surface area contributed by atoms with Gasteiger partial charge in [0.05, 0.1) is 4.90 Å². The van der Waals surface area contributed by atoms with Crippen LogP contribution in [0.3, 0.4) is 0 Å². The largest absolute Gasteiger partial charge is 0.241 e. The van der Waals surface area contributed by atoms with Crippen molar-refractivity contribution < 1.29 is 8.42 Å². The maximum absolute atomic E-state index is 12.4. The van der Waals surface area contributed by atoms with Crippen LogP contribution in [0.4, 0.5) is 0 Å². The smallest absolute Gasteiger partial charge is 0.207 e. The third-order valence-corrected chi connectivity index (χ3v) is 5.15. The van der Waals surface area contributed by atoms with E-state index in [9.17, 15) is 8.42 Å². The molecular weight excluding hydrogens is 306 g/mol. The van der Waals surface area contributed by atoms with Gasteiger partial charge in [0, 0.05) is 11.1 Å². The predicted molar refractivity (Wildman–Crippen MR) is 86.0 cm³/mol. The highest BCUT2D eigenvalue weighted by molar-refractivity contribution is 7.89. The second kappa shape index (κ2) is 6.60. The van der Waals surface area contributed by atoms with Gasteiger partial charge in [-0.15, -0.1) is 0 Å². The van der Waals surface area contributed by atoms with Gasteiger partial charge in [-0.05, 0) is 37.1 Å². The predicted octanol–water partition coefficient (Wildman–Crippen LogP) is 4.08. The Morgan fingerprint density at radius 1 is 1.10 bits per heavy atom. The number of hydrogen-bond acceptors (Lipinski definition) is 2. The molecule has 1 N–H and O–H groups in total. The Labute approximate surface area is 131 Å². The summed E-state index contributed by atoms with van der Waals surface area (Å²) in [6.07, 6.45) is 0.620. The lowest BCUT2D eigenvalue weighted by Gasteiger charge is -2.18. The minimum Gasteiger partial charge on any atom is -0.207 e. The monoisotopic (exact) mass is 323 g/mol. The zero-order valence-electron chi connectivity index (χ0n) is 12.0. The van der Waals surface area contributed by atoms with E-state index in [1.165, 1.54) is 0 Å². The molecule has 0 aliphatic heterocycles. The molecule has 2 aromatic carbocycles. The molecule has 0 aliphatic carbocycles. The Balaban J connectivity index is 2.30. The number of aryl methyl sites for hydroxylation is 1. The minimum atomic E-state index is -3.56. The van der Waals surface area contributed by atoms with Crippen LogP contribution in [0.5, 0.6) is 0 Å². The zero-order valence-corrected chi connectivity index (χ0v) is 13.6. The fourth-order valence-corrected chi connectivity index (χ4v) is 3.66. The summed E-state index contributed by atoms with van der Waals surface area (Å²) in [4.78, 5) is 0.263. The van der Waals surface area contributed by atoms with E-state index in [-0.39, 0.29) is 10.9 Å². The topological polar surface area (TPSA) is 46.2 Å². The Kier molecular flexibility index (Phi) is 5.04. The van der Waals surface area contributed by atoms with E-state index >= 15 is 0 Å². The van der Waals surface area contributed by atoms with Gasteiger partial charge in [-0.25, -0.2) is 13.1 Å². The minimum absolute atomic E-state index is 0.263. The van der Waals surface area contributed by atoms with Crippen LogP contribution in [-0.2, 0) is 10.0 Å². The van der Waals surface area contributed by atoms with Crippen LogP contribution in [0, 0.1) is 6.92 Å². The van der Waals surface area contributed by atoms with E-state index in [0.717, 1.165) is 11.1 Å². The molecule has 0 radical (unpaired) electrons. The number of halogens is 1. The van der Waals surface area contributed by atoms with Crippen LogP contribution >= 0.6 is 11.6 Å². The van der Waals surface area contributed by atoms with Crippen molar-refractivity contribution in [3.8, 4) is 0 Å². The maximum atomic E-state index is 12.4. The van der Waals surface area contributed by atoms with E-state index in [4.69, 9.17) is 11.6 Å². The molecule has 0 spiro atoms. The van der Waals surface area contributed by atoms with Gasteiger partial charge in [-0.3, -0.25) is 0 Å². The van der Waals surface area contributed by atoms with Gasteiger partial charge in [-0.2, -0.15) is 0 Å².